The molecule has 0 radical (unpaired) electrons. The van der Waals surface area contributed by atoms with Gasteiger partial charge in [-0.15, -0.1) is 0 Å². The first-order chi connectivity index (χ1) is 18.4. The van der Waals surface area contributed by atoms with E-state index in [1.165, 1.54) is 38.5 Å². The van der Waals surface area contributed by atoms with Gasteiger partial charge in [-0.25, -0.2) is 0 Å². The summed E-state index contributed by atoms with van der Waals surface area (Å²) in [5, 5.41) is 0. The Labute approximate surface area is 232 Å². The highest BCUT2D eigenvalue weighted by Crippen LogP contribution is 2.41. The van der Waals surface area contributed by atoms with Crippen molar-refractivity contribution in [3.8, 4) is 17.2 Å². The predicted octanol–water partition coefficient (Wildman–Crippen LogP) is 2.10. The first-order valence-corrected chi connectivity index (χ1v) is 12.3. The molecule has 0 amide bonds. The Balaban J connectivity index is 2.62. The summed E-state index contributed by atoms with van der Waals surface area (Å²) in [5.74, 6) is -2.70. The monoisotopic (exact) mass is 616 g/mol. The number of methoxy groups -OCH3 is 2. The minimum atomic E-state index is -1.50. The maximum Gasteiger partial charge on any atom is 0.303 e. The fraction of sp³-hybridized carbons (Fsp3) is 0.480. The highest BCUT2D eigenvalue weighted by molar-refractivity contribution is 9.18. The standard InChI is InChI=1S/C25H29BrO13/c1-12(27)34-11-19-22(35-13(2)28)23(36-14(3)29)24(37-15(4)30)25(38-19)39-21-17(32-5)9-16(7-8-20(26)31)10-18(21)33-6/h7-10,19,22-25H,11H2,1-6H3/b8-7+/t19-,22-,23+,24-,25+/m1/s1. The van der Waals surface area contributed by atoms with Gasteiger partial charge in [0.25, 0.3) is 0 Å². The summed E-state index contributed by atoms with van der Waals surface area (Å²) in [6, 6.07) is 3.07. The van der Waals surface area contributed by atoms with Crippen LogP contribution >= 0.6 is 15.9 Å². The summed E-state index contributed by atoms with van der Waals surface area (Å²) in [7, 11) is 2.72. The number of carbonyl (C=O) groups excluding carboxylic acids is 5. The van der Waals surface area contributed by atoms with Crippen LogP contribution in [-0.2, 0) is 47.7 Å². The summed E-state index contributed by atoms with van der Waals surface area (Å²) in [6.07, 6.45) is -4.15. The number of halogens is 1. The normalized spacial score (nSPS) is 22.4. The first kappa shape index (κ1) is 31.6. The van der Waals surface area contributed by atoms with Crippen LogP contribution in [0.2, 0.25) is 0 Å². The lowest BCUT2D eigenvalue weighted by Crippen LogP contribution is -2.63. The van der Waals surface area contributed by atoms with Crippen molar-refractivity contribution in [3.05, 3.63) is 23.8 Å². The van der Waals surface area contributed by atoms with Gasteiger partial charge in [-0.05, 0) is 39.7 Å². The van der Waals surface area contributed by atoms with Crippen molar-refractivity contribution in [1.82, 2.24) is 0 Å². The highest BCUT2D eigenvalue weighted by Gasteiger charge is 2.53. The van der Waals surface area contributed by atoms with Gasteiger partial charge in [0.15, 0.2) is 23.7 Å². The van der Waals surface area contributed by atoms with E-state index in [2.05, 4.69) is 15.9 Å². The molecular formula is C25H29BrO13. The number of benzene rings is 1. The van der Waals surface area contributed by atoms with Crippen molar-refractivity contribution in [3.63, 3.8) is 0 Å². The molecule has 1 heterocycles. The second-order valence-corrected chi connectivity index (χ2v) is 8.86. The van der Waals surface area contributed by atoms with E-state index in [0.717, 1.165) is 27.7 Å². The van der Waals surface area contributed by atoms with E-state index in [1.54, 1.807) is 0 Å². The largest absolute Gasteiger partial charge is 0.493 e. The highest BCUT2D eigenvalue weighted by atomic mass is 79.9. The van der Waals surface area contributed by atoms with Crippen LogP contribution in [0.5, 0.6) is 17.2 Å². The van der Waals surface area contributed by atoms with Crippen molar-refractivity contribution in [2.24, 2.45) is 0 Å². The van der Waals surface area contributed by atoms with Crippen molar-refractivity contribution < 1.29 is 61.9 Å². The molecule has 5 atom stereocenters. The molecule has 0 unspecified atom stereocenters. The Bertz CT molecular complexity index is 1090. The Hall–Kier alpha value is -3.65. The van der Waals surface area contributed by atoms with E-state index in [-0.39, 0.29) is 21.9 Å². The lowest BCUT2D eigenvalue weighted by Gasteiger charge is -2.44. The first-order valence-electron chi connectivity index (χ1n) is 11.5. The van der Waals surface area contributed by atoms with E-state index in [1.807, 2.05) is 0 Å². The average Bonchev–Trinajstić information content (AvgIpc) is 2.84. The van der Waals surface area contributed by atoms with E-state index in [0.29, 0.717) is 5.56 Å². The molecule has 0 saturated carbocycles. The van der Waals surface area contributed by atoms with E-state index >= 15 is 0 Å². The topological polar surface area (TPSA) is 159 Å². The lowest BCUT2D eigenvalue weighted by atomic mass is 9.98. The Morgan fingerprint density at radius 3 is 1.79 bits per heavy atom. The number of allylic oxidation sites excluding steroid dienone is 1. The molecule has 39 heavy (non-hydrogen) atoms. The third-order valence-electron chi connectivity index (χ3n) is 5.07. The van der Waals surface area contributed by atoms with E-state index in [4.69, 9.17) is 37.9 Å². The smallest absolute Gasteiger partial charge is 0.303 e. The van der Waals surface area contributed by atoms with Crippen molar-refractivity contribution in [2.75, 3.05) is 20.8 Å². The van der Waals surface area contributed by atoms with Gasteiger partial charge < -0.3 is 37.9 Å². The molecule has 0 spiro atoms. The molecule has 1 aliphatic heterocycles. The molecule has 214 valence electrons. The zero-order valence-corrected chi connectivity index (χ0v) is 23.7. The number of rotatable bonds is 11. The summed E-state index contributed by atoms with van der Waals surface area (Å²) in [6.45, 7) is 4.08. The van der Waals surface area contributed by atoms with Gasteiger partial charge in [-0.2, -0.15) is 0 Å². The van der Waals surface area contributed by atoms with Gasteiger partial charge in [-0.1, -0.05) is 6.08 Å². The molecule has 2 rings (SSSR count). The number of carbonyl (C=O) groups is 5. The van der Waals surface area contributed by atoms with Crippen LogP contribution in [0.1, 0.15) is 33.3 Å². The molecule has 1 fully saturated rings. The molecule has 14 heteroatoms. The molecule has 13 nitrogen and oxygen atoms in total. The molecule has 1 saturated heterocycles. The predicted molar refractivity (Wildman–Crippen MR) is 135 cm³/mol. The van der Waals surface area contributed by atoms with Crippen LogP contribution in [-0.4, -0.2) is 80.1 Å². The molecule has 1 aromatic carbocycles. The van der Waals surface area contributed by atoms with Crippen LogP contribution in [0.3, 0.4) is 0 Å². The van der Waals surface area contributed by atoms with E-state index in [9.17, 15) is 24.0 Å². The summed E-state index contributed by atoms with van der Waals surface area (Å²) in [5.41, 5.74) is 0.519. The molecule has 0 aromatic heterocycles. The molecular weight excluding hydrogens is 588 g/mol. The average molecular weight is 617 g/mol. The van der Waals surface area contributed by atoms with Crippen LogP contribution in [0.4, 0.5) is 0 Å². The van der Waals surface area contributed by atoms with Crippen LogP contribution in [0.15, 0.2) is 18.2 Å². The summed E-state index contributed by atoms with van der Waals surface area (Å²) < 4.78 is 43.8. The number of esters is 4. The van der Waals surface area contributed by atoms with Crippen molar-refractivity contribution in [2.45, 2.75) is 58.4 Å². The van der Waals surface area contributed by atoms with Gasteiger partial charge in [0, 0.05) is 27.7 Å². The summed E-state index contributed by atoms with van der Waals surface area (Å²) >= 11 is 2.81. The van der Waals surface area contributed by atoms with Crippen molar-refractivity contribution >= 4 is 50.6 Å². The second kappa shape index (κ2) is 14.5. The van der Waals surface area contributed by atoms with Gasteiger partial charge in [-0.3, -0.25) is 24.0 Å². The maximum absolute atomic E-state index is 12.0. The van der Waals surface area contributed by atoms with Gasteiger partial charge >= 0.3 is 23.9 Å². The van der Waals surface area contributed by atoms with Crippen LogP contribution in [0, 0.1) is 0 Å². The number of hydrogen-bond donors (Lipinski definition) is 0. The van der Waals surface area contributed by atoms with E-state index < -0.39 is 61.2 Å². The fourth-order valence-corrected chi connectivity index (χ4v) is 3.81. The minimum absolute atomic E-state index is 0.00298. The Kier molecular flexibility index (Phi) is 11.7. The zero-order chi connectivity index (χ0) is 29.3. The molecule has 1 aliphatic rings. The second-order valence-electron chi connectivity index (χ2n) is 8.08. The zero-order valence-electron chi connectivity index (χ0n) is 22.1. The minimum Gasteiger partial charge on any atom is -0.493 e. The Morgan fingerprint density at radius 1 is 0.821 bits per heavy atom. The van der Waals surface area contributed by atoms with Gasteiger partial charge in [0.05, 0.1) is 14.2 Å². The third kappa shape index (κ3) is 9.25. The lowest BCUT2D eigenvalue weighted by molar-refractivity contribution is -0.288. The maximum atomic E-state index is 12.0. The number of hydrogen-bond acceptors (Lipinski definition) is 13. The SMILES string of the molecule is COc1cc(/C=C/C(=O)Br)cc(OC)c1O[C@@H]1O[C@H](COC(C)=O)[C@@H](OC(C)=O)[C@H](OC(C)=O)[C@H]1OC(C)=O. The molecule has 0 bridgehead atoms. The van der Waals surface area contributed by atoms with Crippen molar-refractivity contribution in [1.29, 1.82) is 0 Å². The van der Waals surface area contributed by atoms with Crippen LogP contribution < -0.4 is 14.2 Å². The third-order valence-corrected chi connectivity index (χ3v) is 5.34. The van der Waals surface area contributed by atoms with Crippen LogP contribution in [0.25, 0.3) is 6.08 Å². The van der Waals surface area contributed by atoms with Gasteiger partial charge in [0.2, 0.25) is 22.8 Å². The van der Waals surface area contributed by atoms with Gasteiger partial charge in [0.1, 0.15) is 12.7 Å². The molecule has 0 aliphatic carbocycles. The molecule has 0 N–H and O–H groups in total. The molecule has 1 aromatic rings. The summed E-state index contributed by atoms with van der Waals surface area (Å²) in [4.78, 5) is 58.8. The fourth-order valence-electron chi connectivity index (χ4n) is 3.67. The quantitative estimate of drug-likeness (QED) is 0.154. The Morgan fingerprint density at radius 2 is 1.33 bits per heavy atom. The number of ether oxygens (including phenoxy) is 8.